The summed E-state index contributed by atoms with van der Waals surface area (Å²) < 4.78 is 5.24. The summed E-state index contributed by atoms with van der Waals surface area (Å²) in [5.41, 5.74) is 2.71. The summed E-state index contributed by atoms with van der Waals surface area (Å²) in [7, 11) is 1.69. The first kappa shape index (κ1) is 11.4. The Morgan fingerprint density at radius 2 is 2.38 bits per heavy atom. The molecule has 0 aliphatic heterocycles. The average Bonchev–Trinajstić information content (AvgIpc) is 2.68. The summed E-state index contributed by atoms with van der Waals surface area (Å²) in [4.78, 5) is 0. The van der Waals surface area contributed by atoms with Crippen molar-refractivity contribution in [2.75, 3.05) is 13.7 Å². The topological polar surface area (TPSA) is 41.5 Å². The van der Waals surface area contributed by atoms with Crippen molar-refractivity contribution in [3.05, 3.63) is 29.3 Å². The van der Waals surface area contributed by atoms with Crippen LogP contribution in [0.2, 0.25) is 0 Å². The Morgan fingerprint density at radius 3 is 3.06 bits per heavy atom. The summed E-state index contributed by atoms with van der Waals surface area (Å²) in [6.45, 7) is 2.44. The van der Waals surface area contributed by atoms with Crippen molar-refractivity contribution in [2.24, 2.45) is 0 Å². The molecular weight excluding hydrogens is 202 g/mol. The lowest BCUT2D eigenvalue weighted by molar-refractivity contribution is 0.186. The lowest BCUT2D eigenvalue weighted by atomic mass is 10.1. The standard InChI is InChI=1S/C13H19NO2/c1-9(15)8-14-13-6-4-10-3-5-11(16-2)7-12(10)13/h3,5,7,9,13-15H,4,6,8H2,1-2H3/t9-,13?/m0/s1. The Hall–Kier alpha value is -1.06. The minimum absolute atomic E-state index is 0.297. The maximum absolute atomic E-state index is 9.27. The first-order valence-electron chi connectivity index (χ1n) is 5.79. The molecule has 88 valence electrons. The predicted octanol–water partition coefficient (Wildman–Crippen LogP) is 1.65. The van der Waals surface area contributed by atoms with Gasteiger partial charge in [0.2, 0.25) is 0 Å². The van der Waals surface area contributed by atoms with E-state index in [1.54, 1.807) is 14.0 Å². The van der Waals surface area contributed by atoms with Crippen molar-refractivity contribution in [1.82, 2.24) is 5.32 Å². The Morgan fingerprint density at radius 1 is 1.56 bits per heavy atom. The summed E-state index contributed by atoms with van der Waals surface area (Å²) >= 11 is 0. The molecule has 0 heterocycles. The number of ether oxygens (including phenoxy) is 1. The molecule has 1 aliphatic carbocycles. The van der Waals surface area contributed by atoms with Crippen molar-refractivity contribution in [3.63, 3.8) is 0 Å². The fourth-order valence-electron chi connectivity index (χ4n) is 2.23. The Kier molecular flexibility index (Phi) is 3.46. The zero-order valence-electron chi connectivity index (χ0n) is 9.86. The number of benzene rings is 1. The summed E-state index contributed by atoms with van der Waals surface area (Å²) in [5.74, 6) is 0.907. The lowest BCUT2D eigenvalue weighted by Crippen LogP contribution is -2.27. The predicted molar refractivity (Wildman–Crippen MR) is 63.7 cm³/mol. The number of methoxy groups -OCH3 is 1. The smallest absolute Gasteiger partial charge is 0.119 e. The second kappa shape index (κ2) is 4.85. The largest absolute Gasteiger partial charge is 0.497 e. The van der Waals surface area contributed by atoms with Gasteiger partial charge in [-0.15, -0.1) is 0 Å². The van der Waals surface area contributed by atoms with E-state index in [9.17, 15) is 5.11 Å². The van der Waals surface area contributed by atoms with Crippen molar-refractivity contribution < 1.29 is 9.84 Å². The van der Waals surface area contributed by atoms with Crippen LogP contribution in [0.15, 0.2) is 18.2 Å². The Bertz CT molecular complexity index is 363. The molecule has 1 unspecified atom stereocenters. The zero-order chi connectivity index (χ0) is 11.5. The van der Waals surface area contributed by atoms with Gasteiger partial charge in [0, 0.05) is 12.6 Å². The van der Waals surface area contributed by atoms with Crippen molar-refractivity contribution >= 4 is 0 Å². The van der Waals surface area contributed by atoms with Crippen molar-refractivity contribution in [3.8, 4) is 5.75 Å². The highest BCUT2D eigenvalue weighted by molar-refractivity contribution is 5.40. The third-order valence-electron chi connectivity index (χ3n) is 3.09. The molecule has 2 N–H and O–H groups in total. The molecule has 0 amide bonds. The van der Waals surface area contributed by atoms with E-state index < -0.39 is 0 Å². The van der Waals surface area contributed by atoms with Gasteiger partial charge in [-0.05, 0) is 43.0 Å². The van der Waals surface area contributed by atoms with Crippen LogP contribution in [0.5, 0.6) is 5.75 Å². The number of hydrogen-bond donors (Lipinski definition) is 2. The van der Waals surface area contributed by atoms with Gasteiger partial charge in [-0.3, -0.25) is 0 Å². The molecule has 0 saturated heterocycles. The van der Waals surface area contributed by atoms with E-state index in [4.69, 9.17) is 4.74 Å². The van der Waals surface area contributed by atoms with E-state index >= 15 is 0 Å². The van der Waals surface area contributed by atoms with Gasteiger partial charge >= 0.3 is 0 Å². The second-order valence-corrected chi connectivity index (χ2v) is 4.41. The minimum Gasteiger partial charge on any atom is -0.497 e. The average molecular weight is 221 g/mol. The highest BCUT2D eigenvalue weighted by atomic mass is 16.5. The van der Waals surface area contributed by atoms with Crippen LogP contribution in [0.25, 0.3) is 0 Å². The third-order valence-corrected chi connectivity index (χ3v) is 3.09. The third kappa shape index (κ3) is 2.36. The first-order chi connectivity index (χ1) is 7.70. The van der Waals surface area contributed by atoms with Crippen LogP contribution in [0.1, 0.15) is 30.5 Å². The van der Waals surface area contributed by atoms with E-state index in [0.717, 1.165) is 18.6 Å². The van der Waals surface area contributed by atoms with Crippen LogP contribution >= 0.6 is 0 Å². The monoisotopic (exact) mass is 221 g/mol. The maximum Gasteiger partial charge on any atom is 0.119 e. The van der Waals surface area contributed by atoms with Gasteiger partial charge in [0.15, 0.2) is 0 Å². The van der Waals surface area contributed by atoms with Crippen LogP contribution in [-0.4, -0.2) is 24.9 Å². The Balaban J connectivity index is 2.11. The summed E-state index contributed by atoms with van der Waals surface area (Å²) in [6.07, 6.45) is 1.92. The number of aliphatic hydroxyl groups excluding tert-OH is 1. The second-order valence-electron chi connectivity index (χ2n) is 4.41. The highest BCUT2D eigenvalue weighted by Crippen LogP contribution is 2.33. The van der Waals surface area contributed by atoms with Gasteiger partial charge in [0.05, 0.1) is 13.2 Å². The highest BCUT2D eigenvalue weighted by Gasteiger charge is 2.22. The number of aliphatic hydroxyl groups is 1. The molecule has 0 spiro atoms. The normalized spacial score (nSPS) is 20.6. The molecule has 0 bridgehead atoms. The van der Waals surface area contributed by atoms with Gasteiger partial charge in [-0.25, -0.2) is 0 Å². The van der Waals surface area contributed by atoms with Crippen LogP contribution in [-0.2, 0) is 6.42 Å². The van der Waals surface area contributed by atoms with Crippen molar-refractivity contribution in [2.45, 2.75) is 31.9 Å². The lowest BCUT2D eigenvalue weighted by Gasteiger charge is -2.15. The van der Waals surface area contributed by atoms with Crippen LogP contribution in [0, 0.1) is 0 Å². The van der Waals surface area contributed by atoms with E-state index in [2.05, 4.69) is 17.4 Å². The molecule has 2 rings (SSSR count). The van der Waals surface area contributed by atoms with Gasteiger partial charge in [0.25, 0.3) is 0 Å². The molecule has 16 heavy (non-hydrogen) atoms. The van der Waals surface area contributed by atoms with E-state index in [-0.39, 0.29) is 6.10 Å². The molecule has 1 aromatic carbocycles. The minimum atomic E-state index is -0.297. The number of aryl methyl sites for hydroxylation is 1. The number of nitrogens with one attached hydrogen (secondary N) is 1. The number of rotatable bonds is 4. The van der Waals surface area contributed by atoms with Crippen LogP contribution in [0.4, 0.5) is 0 Å². The number of fused-ring (bicyclic) bond motifs is 1. The molecule has 2 atom stereocenters. The summed E-state index contributed by atoms with van der Waals surface area (Å²) in [6, 6.07) is 6.61. The molecule has 0 saturated carbocycles. The molecule has 3 heteroatoms. The van der Waals surface area contributed by atoms with E-state index in [0.29, 0.717) is 12.6 Å². The van der Waals surface area contributed by atoms with Gasteiger partial charge in [-0.1, -0.05) is 6.07 Å². The SMILES string of the molecule is COc1ccc2c(c1)C(NC[C@H](C)O)CC2. The molecular formula is C13H19NO2. The van der Waals surface area contributed by atoms with Crippen LogP contribution < -0.4 is 10.1 Å². The quantitative estimate of drug-likeness (QED) is 0.812. The first-order valence-corrected chi connectivity index (χ1v) is 5.79. The molecule has 0 aromatic heterocycles. The van der Waals surface area contributed by atoms with Gasteiger partial charge in [-0.2, -0.15) is 0 Å². The molecule has 0 fully saturated rings. The van der Waals surface area contributed by atoms with Gasteiger partial charge in [0.1, 0.15) is 5.75 Å². The number of hydrogen-bond acceptors (Lipinski definition) is 3. The fourth-order valence-corrected chi connectivity index (χ4v) is 2.23. The molecule has 3 nitrogen and oxygen atoms in total. The molecule has 0 radical (unpaired) electrons. The van der Waals surface area contributed by atoms with Crippen LogP contribution in [0.3, 0.4) is 0 Å². The van der Waals surface area contributed by atoms with E-state index in [1.807, 2.05) is 6.07 Å². The molecule has 1 aliphatic rings. The van der Waals surface area contributed by atoms with E-state index in [1.165, 1.54) is 11.1 Å². The zero-order valence-corrected chi connectivity index (χ0v) is 9.86. The van der Waals surface area contributed by atoms with Gasteiger partial charge < -0.3 is 15.2 Å². The maximum atomic E-state index is 9.27. The fraction of sp³-hybridized carbons (Fsp3) is 0.538. The summed E-state index contributed by atoms with van der Waals surface area (Å²) in [5, 5.41) is 12.7. The van der Waals surface area contributed by atoms with Crippen molar-refractivity contribution in [1.29, 1.82) is 0 Å². The molecule has 1 aromatic rings. The Labute approximate surface area is 96.4 Å².